The van der Waals surface area contributed by atoms with Crippen LogP contribution in [0.1, 0.15) is 72.6 Å². The Balaban J connectivity index is -0.000000449. The van der Waals surface area contributed by atoms with Crippen molar-refractivity contribution in [1.82, 2.24) is 0 Å². The van der Waals surface area contributed by atoms with E-state index in [0.29, 0.717) is 0 Å². The molecule has 0 aliphatic rings. The maximum Gasteiger partial charge on any atom is 2.00 e. The van der Waals surface area contributed by atoms with Gasteiger partial charge in [-0.05, 0) is 0 Å². The van der Waals surface area contributed by atoms with Gasteiger partial charge in [-0.3, -0.25) is 0 Å². The van der Waals surface area contributed by atoms with Crippen LogP contribution in [0.5, 0.6) is 0 Å². The van der Waals surface area contributed by atoms with Gasteiger partial charge in [0.2, 0.25) is 0 Å². The molecule has 0 spiro atoms. The van der Waals surface area contributed by atoms with E-state index in [1.807, 2.05) is 0 Å². The molecular formula is C14H30Mg. The van der Waals surface area contributed by atoms with Crippen LogP contribution in [-0.2, 0) is 0 Å². The number of hydrogen-bond acceptors (Lipinski definition) is 0. The van der Waals surface area contributed by atoms with Gasteiger partial charge < -0.3 is 13.3 Å². The van der Waals surface area contributed by atoms with Crippen molar-refractivity contribution in [3.05, 3.63) is 13.3 Å². The van der Waals surface area contributed by atoms with Crippen molar-refractivity contribution in [2.75, 3.05) is 0 Å². The van der Waals surface area contributed by atoms with Crippen molar-refractivity contribution >= 4 is 23.1 Å². The Morgan fingerprint density at radius 2 is 1.53 bits per heavy atom. The summed E-state index contributed by atoms with van der Waals surface area (Å²) in [6, 6.07) is 0. The molecule has 0 aliphatic heterocycles. The van der Waals surface area contributed by atoms with Crippen LogP contribution < -0.4 is 0 Å². The van der Waals surface area contributed by atoms with Gasteiger partial charge >= 0.3 is 23.1 Å². The van der Waals surface area contributed by atoms with E-state index in [0.717, 1.165) is 5.92 Å². The first-order chi connectivity index (χ1) is 6.85. The average Bonchev–Trinajstić information content (AvgIpc) is 2.26. The van der Waals surface area contributed by atoms with Crippen molar-refractivity contribution in [3.63, 3.8) is 0 Å². The number of rotatable bonds is 8. The summed E-state index contributed by atoms with van der Waals surface area (Å²) in [7, 11) is 0. The molecule has 0 rings (SSSR count). The van der Waals surface area contributed by atoms with Crippen LogP contribution in [0.25, 0.3) is 0 Å². The quantitative estimate of drug-likeness (QED) is 0.306. The van der Waals surface area contributed by atoms with E-state index in [-0.39, 0.29) is 23.1 Å². The van der Waals surface area contributed by atoms with Crippen molar-refractivity contribution in [1.29, 1.82) is 0 Å². The van der Waals surface area contributed by atoms with Crippen LogP contribution in [0.2, 0.25) is 0 Å². The molecule has 0 saturated heterocycles. The minimum Gasteiger partial charge on any atom is -0.346 e. The van der Waals surface area contributed by atoms with E-state index in [1.54, 1.807) is 6.92 Å². The number of unbranched alkanes of at least 4 members (excludes halogenated alkanes) is 3. The first-order valence-corrected chi connectivity index (χ1v) is 6.39. The molecule has 88 valence electrons. The second-order valence-corrected chi connectivity index (χ2v) is 3.69. The topological polar surface area (TPSA) is 0 Å². The van der Waals surface area contributed by atoms with Gasteiger partial charge in [-0.25, -0.2) is 0 Å². The zero-order valence-corrected chi connectivity index (χ0v) is 12.9. The monoisotopic (exact) mass is 222 g/mol. The molecule has 0 aromatic heterocycles. The minimum atomic E-state index is 0. The molecule has 0 fully saturated rings. The zero-order valence-electron chi connectivity index (χ0n) is 11.5. The summed E-state index contributed by atoms with van der Waals surface area (Å²) < 4.78 is 0. The van der Waals surface area contributed by atoms with Gasteiger partial charge in [0, 0.05) is 0 Å². The molecule has 15 heavy (non-hydrogen) atoms. The average molecular weight is 223 g/mol. The third kappa shape index (κ3) is 17.4. The van der Waals surface area contributed by atoms with Crippen LogP contribution >= 0.6 is 0 Å². The van der Waals surface area contributed by atoms with E-state index < -0.39 is 0 Å². The number of hydrogen-bond donors (Lipinski definition) is 0. The molecule has 0 nitrogen and oxygen atoms in total. The van der Waals surface area contributed by atoms with Gasteiger partial charge in [0.05, 0.1) is 0 Å². The Labute approximate surface area is 115 Å². The molecule has 1 atom stereocenters. The first kappa shape index (κ1) is 21.1. The summed E-state index contributed by atoms with van der Waals surface area (Å²) in [4.78, 5) is 0. The van der Waals surface area contributed by atoms with Gasteiger partial charge in [0.15, 0.2) is 0 Å². The Morgan fingerprint density at radius 1 is 1.00 bits per heavy atom. The molecular weight excluding hydrogens is 192 g/mol. The van der Waals surface area contributed by atoms with E-state index in [9.17, 15) is 0 Å². The summed E-state index contributed by atoms with van der Waals surface area (Å²) in [5, 5.41) is 0. The SMILES string of the molecule is CCCC[CH-]C(CC)CCCC.[CH2-]C.[Mg+2]. The van der Waals surface area contributed by atoms with Gasteiger partial charge in [0.1, 0.15) is 0 Å². The minimum absolute atomic E-state index is 0. The fourth-order valence-corrected chi connectivity index (χ4v) is 1.51. The summed E-state index contributed by atoms with van der Waals surface area (Å²) in [5.74, 6) is 0.900. The van der Waals surface area contributed by atoms with Gasteiger partial charge in [0.25, 0.3) is 0 Å². The molecule has 0 radical (unpaired) electrons. The van der Waals surface area contributed by atoms with Gasteiger partial charge in [-0.2, -0.15) is 19.3 Å². The van der Waals surface area contributed by atoms with Crippen LogP contribution in [0.15, 0.2) is 0 Å². The maximum atomic E-state index is 3.25. The first-order valence-electron chi connectivity index (χ1n) is 6.39. The predicted octanol–water partition coefficient (Wildman–Crippen LogP) is 5.06. The summed E-state index contributed by atoms with van der Waals surface area (Å²) in [6.45, 7) is 11.8. The molecule has 0 aromatic carbocycles. The van der Waals surface area contributed by atoms with Crippen molar-refractivity contribution in [2.24, 2.45) is 5.92 Å². The summed E-state index contributed by atoms with van der Waals surface area (Å²) in [6.07, 6.45) is 12.1. The Hall–Kier alpha value is 0.766. The van der Waals surface area contributed by atoms with Crippen molar-refractivity contribution in [3.8, 4) is 0 Å². The largest absolute Gasteiger partial charge is 2.00 e. The van der Waals surface area contributed by atoms with E-state index in [1.165, 1.54) is 44.9 Å². The smallest absolute Gasteiger partial charge is 0.346 e. The summed E-state index contributed by atoms with van der Waals surface area (Å²) >= 11 is 0. The molecule has 1 heteroatoms. The Kier molecular flexibility index (Phi) is 28.4. The molecule has 0 aromatic rings. The molecule has 0 N–H and O–H groups in total. The van der Waals surface area contributed by atoms with E-state index >= 15 is 0 Å². The van der Waals surface area contributed by atoms with Crippen molar-refractivity contribution < 1.29 is 0 Å². The summed E-state index contributed by atoms with van der Waals surface area (Å²) in [5.41, 5.74) is 0. The van der Waals surface area contributed by atoms with Crippen LogP contribution in [0.3, 0.4) is 0 Å². The van der Waals surface area contributed by atoms with E-state index in [2.05, 4.69) is 34.1 Å². The molecule has 0 saturated carbocycles. The third-order valence-electron chi connectivity index (χ3n) is 2.51. The van der Waals surface area contributed by atoms with Crippen molar-refractivity contribution in [2.45, 2.75) is 72.6 Å². The third-order valence-corrected chi connectivity index (χ3v) is 2.51. The second kappa shape index (κ2) is 20.2. The fourth-order valence-electron chi connectivity index (χ4n) is 1.51. The van der Waals surface area contributed by atoms with Crippen LogP contribution in [0.4, 0.5) is 0 Å². The Bertz CT molecular complexity index is 81.4. The standard InChI is InChI=1S/C12H25.C2H5.Mg/c1-4-7-9-11-12(6-3)10-8-5-2;1-2;/h11-12H,4-10H2,1-3H3;1H2,2H3;/q2*-1;+2. The van der Waals surface area contributed by atoms with Gasteiger partial charge in [-0.15, -0.1) is 0 Å². The fraction of sp³-hybridized carbons (Fsp3) is 0.857. The molecule has 0 amide bonds. The maximum absolute atomic E-state index is 3.25. The van der Waals surface area contributed by atoms with E-state index in [4.69, 9.17) is 0 Å². The van der Waals surface area contributed by atoms with Crippen LogP contribution in [-0.4, -0.2) is 23.1 Å². The molecule has 1 unspecified atom stereocenters. The predicted molar refractivity (Wildman–Crippen MR) is 73.9 cm³/mol. The zero-order chi connectivity index (χ0) is 11.2. The second-order valence-electron chi connectivity index (χ2n) is 3.69. The Morgan fingerprint density at radius 3 is 1.93 bits per heavy atom. The molecule has 0 heterocycles. The van der Waals surface area contributed by atoms with Crippen LogP contribution in [0, 0.1) is 19.3 Å². The molecule has 0 aliphatic carbocycles. The normalized spacial score (nSPS) is 11.0. The molecule has 0 bridgehead atoms. The van der Waals surface area contributed by atoms with Gasteiger partial charge in [-0.1, -0.05) is 59.3 Å².